The van der Waals surface area contributed by atoms with Gasteiger partial charge in [-0.2, -0.15) is 0 Å². The number of thiazole rings is 1. The molecule has 9 heteroatoms. The van der Waals surface area contributed by atoms with E-state index in [1.54, 1.807) is 36.3 Å². The lowest BCUT2D eigenvalue weighted by Gasteiger charge is -2.06. The zero-order valence-electron chi connectivity index (χ0n) is 15.4. The number of carbonyl (C=O) groups excluding carboxylic acids is 2. The SMILES string of the molecule is COC(=O)NCC(=O)Nc1ccc2nc(SCc3ccccc3OC)sc2c1. The molecule has 0 saturated carbocycles. The van der Waals surface area contributed by atoms with E-state index in [0.717, 1.165) is 31.6 Å². The predicted molar refractivity (Wildman–Crippen MR) is 111 cm³/mol. The highest BCUT2D eigenvalue weighted by atomic mass is 32.2. The van der Waals surface area contributed by atoms with E-state index in [1.807, 2.05) is 36.4 Å². The van der Waals surface area contributed by atoms with E-state index < -0.39 is 6.09 Å². The number of nitrogens with one attached hydrogen (secondary N) is 2. The summed E-state index contributed by atoms with van der Waals surface area (Å²) in [5.74, 6) is 1.29. The number of rotatable bonds is 7. The molecule has 0 aliphatic heterocycles. The molecule has 1 heterocycles. The standard InChI is InChI=1S/C19H19N3O4S2/c1-25-15-6-4-3-5-12(15)11-27-19-22-14-8-7-13(9-16(14)28-19)21-17(23)10-20-18(24)26-2/h3-9H,10-11H2,1-2H3,(H,20,24)(H,21,23). The number of hydrogen-bond donors (Lipinski definition) is 2. The third kappa shape index (κ3) is 5.14. The number of amides is 2. The van der Waals surface area contributed by atoms with Gasteiger partial charge in [-0.3, -0.25) is 4.79 Å². The molecule has 7 nitrogen and oxygen atoms in total. The van der Waals surface area contributed by atoms with Crippen molar-refractivity contribution in [3.8, 4) is 5.75 Å². The van der Waals surface area contributed by atoms with E-state index in [-0.39, 0.29) is 12.5 Å². The fraction of sp³-hybridized carbons (Fsp3) is 0.211. The lowest BCUT2D eigenvalue weighted by Crippen LogP contribution is -2.32. The number of fused-ring (bicyclic) bond motifs is 1. The van der Waals surface area contributed by atoms with Crippen LogP contribution in [0.2, 0.25) is 0 Å². The third-order valence-corrected chi connectivity index (χ3v) is 5.98. The summed E-state index contributed by atoms with van der Waals surface area (Å²) in [4.78, 5) is 27.5. The number of ether oxygens (including phenoxy) is 2. The second-order valence-electron chi connectivity index (χ2n) is 5.66. The van der Waals surface area contributed by atoms with Crippen LogP contribution in [0.1, 0.15) is 5.56 Å². The van der Waals surface area contributed by atoms with Gasteiger partial charge in [0.1, 0.15) is 12.3 Å². The average Bonchev–Trinajstić information content (AvgIpc) is 3.12. The van der Waals surface area contributed by atoms with Gasteiger partial charge >= 0.3 is 6.09 Å². The number of anilines is 1. The van der Waals surface area contributed by atoms with E-state index in [0.29, 0.717) is 5.69 Å². The molecular weight excluding hydrogens is 398 g/mol. The molecule has 0 atom stereocenters. The van der Waals surface area contributed by atoms with E-state index in [2.05, 4.69) is 20.4 Å². The van der Waals surface area contributed by atoms with Crippen molar-refractivity contribution in [2.24, 2.45) is 0 Å². The summed E-state index contributed by atoms with van der Waals surface area (Å²) in [6, 6.07) is 13.4. The first-order valence-corrected chi connectivity index (χ1v) is 10.2. The normalized spacial score (nSPS) is 10.5. The Labute approximate surface area is 170 Å². The van der Waals surface area contributed by atoms with Crippen molar-refractivity contribution in [3.63, 3.8) is 0 Å². The fourth-order valence-electron chi connectivity index (χ4n) is 2.43. The summed E-state index contributed by atoms with van der Waals surface area (Å²) in [5.41, 5.74) is 2.63. The van der Waals surface area contributed by atoms with Crippen molar-refractivity contribution >= 4 is 51.0 Å². The Balaban J connectivity index is 1.64. The Hall–Kier alpha value is -2.78. The molecule has 0 fully saturated rings. The van der Waals surface area contributed by atoms with E-state index in [4.69, 9.17) is 4.74 Å². The summed E-state index contributed by atoms with van der Waals surface area (Å²) in [7, 11) is 2.91. The number of aromatic nitrogens is 1. The molecule has 0 saturated heterocycles. The Kier molecular flexibility index (Phi) is 6.72. The molecule has 0 radical (unpaired) electrons. The highest BCUT2D eigenvalue weighted by molar-refractivity contribution is 8.00. The lowest BCUT2D eigenvalue weighted by molar-refractivity contribution is -0.115. The van der Waals surface area contributed by atoms with Crippen LogP contribution in [0.3, 0.4) is 0 Å². The molecule has 2 aromatic carbocycles. The lowest BCUT2D eigenvalue weighted by atomic mass is 10.2. The Morgan fingerprint density at radius 1 is 1.18 bits per heavy atom. The number of methoxy groups -OCH3 is 2. The van der Waals surface area contributed by atoms with Gasteiger partial charge in [0.15, 0.2) is 4.34 Å². The van der Waals surface area contributed by atoms with Crippen LogP contribution in [0.25, 0.3) is 10.2 Å². The minimum atomic E-state index is -0.648. The summed E-state index contributed by atoms with van der Waals surface area (Å²) in [6.45, 7) is -0.159. The molecule has 0 unspecified atom stereocenters. The van der Waals surface area contributed by atoms with Gasteiger partial charge in [-0.15, -0.1) is 11.3 Å². The van der Waals surface area contributed by atoms with Crippen molar-refractivity contribution in [2.45, 2.75) is 10.1 Å². The number of carbonyl (C=O) groups is 2. The van der Waals surface area contributed by atoms with Gasteiger partial charge in [-0.25, -0.2) is 9.78 Å². The zero-order chi connectivity index (χ0) is 19.9. The molecule has 3 rings (SSSR count). The minimum Gasteiger partial charge on any atom is -0.496 e. The number of thioether (sulfide) groups is 1. The number of para-hydroxylation sites is 1. The Bertz CT molecular complexity index is 990. The molecular formula is C19H19N3O4S2. The van der Waals surface area contributed by atoms with Crippen LogP contribution < -0.4 is 15.4 Å². The van der Waals surface area contributed by atoms with Gasteiger partial charge in [0, 0.05) is 17.0 Å². The molecule has 2 N–H and O–H groups in total. The summed E-state index contributed by atoms with van der Waals surface area (Å²) in [5, 5.41) is 5.08. The second-order valence-corrected chi connectivity index (χ2v) is 7.91. The van der Waals surface area contributed by atoms with E-state index in [9.17, 15) is 9.59 Å². The van der Waals surface area contributed by atoms with Crippen LogP contribution in [0.4, 0.5) is 10.5 Å². The monoisotopic (exact) mass is 417 g/mol. The van der Waals surface area contributed by atoms with Gasteiger partial charge in [0.2, 0.25) is 5.91 Å². The maximum absolute atomic E-state index is 11.9. The third-order valence-electron chi connectivity index (χ3n) is 3.77. The highest BCUT2D eigenvalue weighted by Gasteiger charge is 2.10. The van der Waals surface area contributed by atoms with Crippen molar-refractivity contribution < 1.29 is 19.1 Å². The van der Waals surface area contributed by atoms with Crippen LogP contribution in [0.15, 0.2) is 46.8 Å². The Morgan fingerprint density at radius 2 is 2.00 bits per heavy atom. The van der Waals surface area contributed by atoms with Crippen LogP contribution in [0.5, 0.6) is 5.75 Å². The molecule has 0 bridgehead atoms. The fourth-order valence-corrected chi connectivity index (χ4v) is 4.53. The smallest absolute Gasteiger partial charge is 0.407 e. The summed E-state index contributed by atoms with van der Waals surface area (Å²) >= 11 is 3.20. The summed E-state index contributed by atoms with van der Waals surface area (Å²) < 4.78 is 11.7. The van der Waals surface area contributed by atoms with Crippen molar-refractivity contribution in [3.05, 3.63) is 48.0 Å². The maximum atomic E-state index is 11.9. The van der Waals surface area contributed by atoms with Crippen LogP contribution in [0, 0.1) is 0 Å². The van der Waals surface area contributed by atoms with Crippen molar-refractivity contribution in [2.75, 3.05) is 26.1 Å². The number of hydrogen-bond acceptors (Lipinski definition) is 7. The molecule has 0 aliphatic carbocycles. The molecule has 146 valence electrons. The van der Waals surface area contributed by atoms with E-state index >= 15 is 0 Å². The maximum Gasteiger partial charge on any atom is 0.407 e. The van der Waals surface area contributed by atoms with Crippen LogP contribution >= 0.6 is 23.1 Å². The van der Waals surface area contributed by atoms with Gasteiger partial charge in [0.05, 0.1) is 24.4 Å². The van der Waals surface area contributed by atoms with Gasteiger partial charge < -0.3 is 20.1 Å². The molecule has 3 aromatic rings. The van der Waals surface area contributed by atoms with Crippen molar-refractivity contribution in [1.29, 1.82) is 0 Å². The molecule has 0 aliphatic rings. The second kappa shape index (κ2) is 9.43. The van der Waals surface area contributed by atoms with Crippen LogP contribution in [-0.4, -0.2) is 37.7 Å². The molecule has 2 amide bonds. The quantitative estimate of drug-likeness (QED) is 0.567. The van der Waals surface area contributed by atoms with Crippen molar-refractivity contribution in [1.82, 2.24) is 10.3 Å². The molecule has 28 heavy (non-hydrogen) atoms. The topological polar surface area (TPSA) is 89.5 Å². The van der Waals surface area contributed by atoms with Gasteiger partial charge in [0.25, 0.3) is 0 Å². The van der Waals surface area contributed by atoms with E-state index in [1.165, 1.54) is 7.11 Å². The Morgan fingerprint density at radius 3 is 2.79 bits per heavy atom. The number of nitrogens with zero attached hydrogens (tertiary/aromatic N) is 1. The number of alkyl carbamates (subject to hydrolysis) is 1. The van der Waals surface area contributed by atoms with Crippen LogP contribution in [-0.2, 0) is 15.3 Å². The minimum absolute atomic E-state index is 0.159. The molecule has 1 aromatic heterocycles. The van der Waals surface area contributed by atoms with Gasteiger partial charge in [-0.1, -0.05) is 30.0 Å². The predicted octanol–water partition coefficient (Wildman–Crippen LogP) is 3.89. The van der Waals surface area contributed by atoms with Gasteiger partial charge in [-0.05, 0) is 24.3 Å². The summed E-state index contributed by atoms with van der Waals surface area (Å²) in [6.07, 6.45) is -0.648. The highest BCUT2D eigenvalue weighted by Crippen LogP contribution is 2.34. The first-order chi connectivity index (χ1) is 13.6. The zero-order valence-corrected chi connectivity index (χ0v) is 17.0. The first kappa shape index (κ1) is 20.0. The molecule has 0 spiro atoms. The largest absolute Gasteiger partial charge is 0.496 e. The average molecular weight is 418 g/mol. The number of benzene rings is 2. The first-order valence-electron chi connectivity index (χ1n) is 8.36.